The van der Waals surface area contributed by atoms with E-state index in [0.717, 1.165) is 31.1 Å². The molecule has 0 aromatic heterocycles. The zero-order valence-corrected chi connectivity index (χ0v) is 13.4. The lowest BCUT2D eigenvalue weighted by atomic mass is 9.92. The summed E-state index contributed by atoms with van der Waals surface area (Å²) >= 11 is 6.04. The van der Waals surface area contributed by atoms with Gasteiger partial charge in [-0.1, -0.05) is 17.7 Å². The number of carbonyl (C=O) groups is 2. The quantitative estimate of drug-likeness (QED) is 0.662. The van der Waals surface area contributed by atoms with Crippen molar-refractivity contribution in [2.24, 2.45) is 10.9 Å². The zero-order chi connectivity index (χ0) is 17.0. The van der Waals surface area contributed by atoms with Crippen LogP contribution >= 0.6 is 11.6 Å². The molecule has 0 saturated heterocycles. The molecule has 0 spiro atoms. The highest BCUT2D eigenvalue weighted by atomic mass is 35.5. The van der Waals surface area contributed by atoms with Crippen LogP contribution in [0.1, 0.15) is 5.56 Å². The molecule has 124 valence electrons. The van der Waals surface area contributed by atoms with Gasteiger partial charge in [0.25, 0.3) is 0 Å². The van der Waals surface area contributed by atoms with Crippen LogP contribution in [0.4, 0.5) is 5.69 Å². The maximum absolute atomic E-state index is 9.10. The highest BCUT2D eigenvalue weighted by Gasteiger charge is 2.27. The second-order valence-electron chi connectivity index (χ2n) is 5.36. The van der Waals surface area contributed by atoms with Gasteiger partial charge in [-0.25, -0.2) is 9.59 Å². The standard InChI is InChI=1S/C13H16ClN3.C2H2O4/c1-17-8-10(13-15-4-5-16-13)6-9-2-3-11(14)7-12(9)17;3-1(4)2(5)6/h2-3,7,10H,4-6,8H2,1H3,(H,15,16);(H,3,4)(H,5,6). The minimum atomic E-state index is -1.82. The molecule has 1 aromatic carbocycles. The molecule has 3 N–H and O–H groups in total. The van der Waals surface area contributed by atoms with Crippen molar-refractivity contribution in [2.75, 3.05) is 31.6 Å². The average molecular weight is 340 g/mol. The van der Waals surface area contributed by atoms with E-state index in [-0.39, 0.29) is 0 Å². The van der Waals surface area contributed by atoms with E-state index in [4.69, 9.17) is 31.4 Å². The Morgan fingerprint density at radius 1 is 1.35 bits per heavy atom. The van der Waals surface area contributed by atoms with Crippen LogP contribution in [0.25, 0.3) is 0 Å². The first-order valence-corrected chi connectivity index (χ1v) is 7.50. The van der Waals surface area contributed by atoms with Crippen molar-refractivity contribution in [3.05, 3.63) is 28.8 Å². The largest absolute Gasteiger partial charge is 0.473 e. The van der Waals surface area contributed by atoms with E-state index in [0.29, 0.717) is 5.92 Å². The average Bonchev–Trinajstić information content (AvgIpc) is 3.02. The molecular formula is C15H18ClN3O4. The van der Waals surface area contributed by atoms with Gasteiger partial charge in [0, 0.05) is 36.8 Å². The molecule has 0 aliphatic carbocycles. The third-order valence-corrected chi connectivity index (χ3v) is 3.92. The number of amidine groups is 1. The Morgan fingerprint density at radius 2 is 2.04 bits per heavy atom. The Kier molecular flexibility index (Phi) is 5.44. The molecule has 0 amide bonds. The van der Waals surface area contributed by atoms with Crippen molar-refractivity contribution in [2.45, 2.75) is 6.42 Å². The van der Waals surface area contributed by atoms with Gasteiger partial charge in [-0.2, -0.15) is 0 Å². The fraction of sp³-hybridized carbons (Fsp3) is 0.400. The van der Waals surface area contributed by atoms with Crippen molar-refractivity contribution in [1.29, 1.82) is 0 Å². The van der Waals surface area contributed by atoms with E-state index >= 15 is 0 Å². The molecule has 2 heterocycles. The van der Waals surface area contributed by atoms with E-state index in [2.05, 4.69) is 34.4 Å². The van der Waals surface area contributed by atoms with Gasteiger partial charge >= 0.3 is 11.9 Å². The lowest BCUT2D eigenvalue weighted by Crippen LogP contribution is -2.40. The van der Waals surface area contributed by atoms with Crippen molar-refractivity contribution < 1.29 is 19.8 Å². The number of carboxylic acid groups (broad SMARTS) is 2. The molecule has 1 aromatic rings. The maximum Gasteiger partial charge on any atom is 0.414 e. The summed E-state index contributed by atoms with van der Waals surface area (Å²) in [5, 5.41) is 19.0. The summed E-state index contributed by atoms with van der Waals surface area (Å²) in [6.07, 6.45) is 1.06. The second-order valence-corrected chi connectivity index (χ2v) is 5.80. The maximum atomic E-state index is 9.10. The minimum Gasteiger partial charge on any atom is -0.473 e. The fourth-order valence-electron chi connectivity index (χ4n) is 2.70. The Balaban J connectivity index is 0.000000277. The van der Waals surface area contributed by atoms with Crippen LogP contribution in [0.2, 0.25) is 5.02 Å². The van der Waals surface area contributed by atoms with Crippen molar-refractivity contribution in [1.82, 2.24) is 5.32 Å². The van der Waals surface area contributed by atoms with Gasteiger partial charge in [-0.05, 0) is 24.1 Å². The normalized spacial score (nSPS) is 19.0. The minimum absolute atomic E-state index is 0.496. The zero-order valence-electron chi connectivity index (χ0n) is 12.6. The first kappa shape index (κ1) is 17.1. The summed E-state index contributed by atoms with van der Waals surface area (Å²) in [5.74, 6) is -1.97. The molecule has 1 unspecified atom stereocenters. The summed E-state index contributed by atoms with van der Waals surface area (Å²) in [7, 11) is 2.12. The lowest BCUT2D eigenvalue weighted by Gasteiger charge is -2.33. The highest BCUT2D eigenvalue weighted by molar-refractivity contribution is 6.30. The number of anilines is 1. The topological polar surface area (TPSA) is 102 Å². The van der Waals surface area contributed by atoms with Gasteiger partial charge in [-0.3, -0.25) is 4.99 Å². The van der Waals surface area contributed by atoms with E-state index in [1.165, 1.54) is 17.1 Å². The SMILES string of the molecule is CN1CC(C2=NCCN2)Cc2ccc(Cl)cc21.O=C(O)C(=O)O. The Labute approximate surface area is 138 Å². The fourth-order valence-corrected chi connectivity index (χ4v) is 2.86. The second kappa shape index (κ2) is 7.32. The predicted octanol–water partition coefficient (Wildman–Crippen LogP) is 1.11. The van der Waals surface area contributed by atoms with Crippen LogP contribution in [0, 0.1) is 5.92 Å². The lowest BCUT2D eigenvalue weighted by molar-refractivity contribution is -0.159. The molecule has 7 nitrogen and oxygen atoms in total. The van der Waals surface area contributed by atoms with Gasteiger partial charge in [0.1, 0.15) is 5.84 Å². The number of halogens is 1. The van der Waals surface area contributed by atoms with Crippen molar-refractivity contribution >= 4 is 35.1 Å². The predicted molar refractivity (Wildman–Crippen MR) is 87.5 cm³/mol. The number of carboxylic acids is 2. The van der Waals surface area contributed by atoms with E-state index in [1.807, 2.05) is 6.07 Å². The van der Waals surface area contributed by atoms with E-state index < -0.39 is 11.9 Å². The molecule has 23 heavy (non-hydrogen) atoms. The number of benzene rings is 1. The number of hydrogen-bond acceptors (Lipinski definition) is 5. The summed E-state index contributed by atoms with van der Waals surface area (Å²) < 4.78 is 0. The third-order valence-electron chi connectivity index (χ3n) is 3.69. The first-order valence-electron chi connectivity index (χ1n) is 7.12. The Morgan fingerprint density at radius 3 is 2.61 bits per heavy atom. The first-order chi connectivity index (χ1) is 10.9. The molecule has 0 bridgehead atoms. The van der Waals surface area contributed by atoms with Crippen LogP contribution in [-0.4, -0.2) is 54.7 Å². The van der Waals surface area contributed by atoms with Gasteiger partial charge < -0.3 is 20.4 Å². The molecule has 0 fully saturated rings. The molecular weight excluding hydrogens is 322 g/mol. The van der Waals surface area contributed by atoms with Crippen LogP contribution in [0.15, 0.2) is 23.2 Å². The number of aliphatic imine (C=N–C) groups is 1. The number of rotatable bonds is 1. The van der Waals surface area contributed by atoms with E-state index in [1.54, 1.807) is 0 Å². The van der Waals surface area contributed by atoms with Crippen LogP contribution < -0.4 is 10.2 Å². The van der Waals surface area contributed by atoms with Gasteiger partial charge in [0.15, 0.2) is 0 Å². The van der Waals surface area contributed by atoms with Crippen LogP contribution in [0.3, 0.4) is 0 Å². The number of fused-ring (bicyclic) bond motifs is 1. The smallest absolute Gasteiger partial charge is 0.414 e. The van der Waals surface area contributed by atoms with Crippen LogP contribution in [-0.2, 0) is 16.0 Å². The number of nitrogens with one attached hydrogen (secondary N) is 1. The molecule has 8 heteroatoms. The molecule has 3 rings (SSSR count). The summed E-state index contributed by atoms with van der Waals surface area (Å²) in [4.78, 5) is 25.0. The monoisotopic (exact) mass is 339 g/mol. The van der Waals surface area contributed by atoms with Crippen molar-refractivity contribution in [3.63, 3.8) is 0 Å². The number of hydrogen-bond donors (Lipinski definition) is 3. The molecule has 1 atom stereocenters. The van der Waals surface area contributed by atoms with Crippen LogP contribution in [0.5, 0.6) is 0 Å². The molecule has 0 saturated carbocycles. The molecule has 2 aliphatic rings. The van der Waals surface area contributed by atoms with Gasteiger partial charge in [0.05, 0.1) is 6.54 Å². The van der Waals surface area contributed by atoms with E-state index in [9.17, 15) is 0 Å². The summed E-state index contributed by atoms with van der Waals surface area (Å²) in [6.45, 7) is 2.92. The van der Waals surface area contributed by atoms with Gasteiger partial charge in [-0.15, -0.1) is 0 Å². The summed E-state index contributed by atoms with van der Waals surface area (Å²) in [5.41, 5.74) is 2.62. The summed E-state index contributed by atoms with van der Waals surface area (Å²) in [6, 6.07) is 6.16. The highest BCUT2D eigenvalue weighted by Crippen LogP contribution is 2.31. The molecule has 0 radical (unpaired) electrons. The third kappa shape index (κ3) is 4.35. The van der Waals surface area contributed by atoms with Gasteiger partial charge in [0.2, 0.25) is 0 Å². The Bertz CT molecular complexity index is 636. The van der Waals surface area contributed by atoms with Crippen molar-refractivity contribution in [3.8, 4) is 0 Å². The molecule has 2 aliphatic heterocycles. The number of nitrogens with zero attached hydrogens (tertiary/aromatic N) is 2. The Hall–Kier alpha value is -2.28. The number of aliphatic carboxylic acids is 2.